The molecule has 3 rings (SSSR count). The molecule has 0 radical (unpaired) electrons. The topological polar surface area (TPSA) is 38.3 Å². The molecule has 4 nitrogen and oxygen atoms in total. The number of nitrogens with zero attached hydrogens (tertiary/aromatic N) is 2. The fourth-order valence-corrected chi connectivity index (χ4v) is 3.91. The van der Waals surface area contributed by atoms with Gasteiger partial charge in [0.2, 0.25) is 0 Å². The number of hydrogen-bond donors (Lipinski definition) is 1. The Kier molecular flexibility index (Phi) is 5.90. The summed E-state index contributed by atoms with van der Waals surface area (Å²) in [6.07, 6.45) is 8.15. The van der Waals surface area contributed by atoms with Crippen molar-refractivity contribution >= 4 is 11.0 Å². The molecule has 1 saturated carbocycles. The largest absolute Gasteiger partial charge is 0.387 e. The van der Waals surface area contributed by atoms with Crippen LogP contribution in [-0.4, -0.2) is 28.5 Å². The predicted octanol–water partition coefficient (Wildman–Crippen LogP) is 3.13. The van der Waals surface area contributed by atoms with E-state index < -0.39 is 6.10 Å². The molecule has 2 aromatic rings. The molecule has 1 fully saturated rings. The molecule has 0 aliphatic heterocycles. The number of aliphatic hydroxyl groups is 1. The smallest absolute Gasteiger partial charge is 0.257 e. The third-order valence-corrected chi connectivity index (χ3v) is 5.18. The van der Waals surface area contributed by atoms with Crippen LogP contribution < -0.4 is 4.57 Å². The van der Waals surface area contributed by atoms with Gasteiger partial charge in [-0.15, -0.1) is 0 Å². The van der Waals surface area contributed by atoms with Gasteiger partial charge < -0.3 is 9.84 Å². The van der Waals surface area contributed by atoms with Crippen LogP contribution in [0, 0.1) is 0 Å². The van der Waals surface area contributed by atoms with Crippen molar-refractivity contribution in [3.05, 3.63) is 30.1 Å². The Morgan fingerprint density at radius 3 is 2.75 bits per heavy atom. The average Bonchev–Trinajstić information content (AvgIpc) is 2.87. The van der Waals surface area contributed by atoms with E-state index in [1.807, 2.05) is 0 Å². The predicted molar refractivity (Wildman–Crippen MR) is 95.9 cm³/mol. The monoisotopic (exact) mass is 331 g/mol. The van der Waals surface area contributed by atoms with Gasteiger partial charge >= 0.3 is 0 Å². The first-order valence-electron chi connectivity index (χ1n) is 9.46. The van der Waals surface area contributed by atoms with Crippen LogP contribution in [0.2, 0.25) is 0 Å². The molecular weight excluding hydrogens is 300 g/mol. The molecule has 132 valence electrons. The molecule has 1 heterocycles. The number of benzene rings is 1. The van der Waals surface area contributed by atoms with E-state index in [-0.39, 0.29) is 0 Å². The van der Waals surface area contributed by atoms with E-state index in [1.54, 1.807) is 0 Å². The van der Waals surface area contributed by atoms with Crippen molar-refractivity contribution in [1.29, 1.82) is 0 Å². The summed E-state index contributed by atoms with van der Waals surface area (Å²) in [6, 6.07) is 8.43. The fourth-order valence-electron chi connectivity index (χ4n) is 3.91. The SMILES string of the molecule is CCCc1n(C[C@@H](O)COC2CCCCC2)c2ccccc2[n+]1C. The molecule has 24 heavy (non-hydrogen) atoms. The summed E-state index contributed by atoms with van der Waals surface area (Å²) in [5.41, 5.74) is 2.42. The van der Waals surface area contributed by atoms with Crippen LogP contribution in [0.25, 0.3) is 11.0 Å². The van der Waals surface area contributed by atoms with E-state index >= 15 is 0 Å². The maximum Gasteiger partial charge on any atom is 0.257 e. The number of aromatic nitrogens is 2. The Labute approximate surface area is 145 Å². The van der Waals surface area contributed by atoms with Crippen molar-refractivity contribution in [2.24, 2.45) is 7.05 Å². The van der Waals surface area contributed by atoms with E-state index in [0.29, 0.717) is 19.3 Å². The minimum absolute atomic E-state index is 0.348. The Balaban J connectivity index is 1.72. The van der Waals surface area contributed by atoms with Gasteiger partial charge in [-0.1, -0.05) is 38.3 Å². The fraction of sp³-hybridized carbons (Fsp3) is 0.650. The van der Waals surface area contributed by atoms with Crippen LogP contribution in [0.1, 0.15) is 51.3 Å². The number of aliphatic hydroxyl groups excluding tert-OH is 1. The third-order valence-electron chi connectivity index (χ3n) is 5.18. The highest BCUT2D eigenvalue weighted by molar-refractivity contribution is 5.72. The first-order valence-corrected chi connectivity index (χ1v) is 9.46. The third kappa shape index (κ3) is 3.81. The number of rotatable bonds is 7. The van der Waals surface area contributed by atoms with Gasteiger partial charge in [0.25, 0.3) is 5.82 Å². The minimum atomic E-state index is -0.460. The molecule has 0 unspecified atom stereocenters. The van der Waals surface area contributed by atoms with Gasteiger partial charge in [0.05, 0.1) is 19.8 Å². The molecule has 0 saturated heterocycles. The summed E-state index contributed by atoms with van der Waals surface area (Å²) >= 11 is 0. The standard InChI is InChI=1S/C20H31N2O2/c1-3-9-20-21(2)18-12-7-8-13-19(18)22(20)14-16(23)15-24-17-10-5-4-6-11-17/h7-8,12-13,16-17,23H,3-6,9-11,14-15H2,1-2H3/q+1/t16-/m1/s1. The quantitative estimate of drug-likeness (QED) is 0.792. The second-order valence-corrected chi connectivity index (χ2v) is 7.07. The maximum absolute atomic E-state index is 10.5. The summed E-state index contributed by atoms with van der Waals surface area (Å²) < 4.78 is 10.5. The molecule has 1 aliphatic rings. The van der Waals surface area contributed by atoms with E-state index in [1.165, 1.54) is 36.1 Å². The van der Waals surface area contributed by atoms with E-state index in [2.05, 4.69) is 47.4 Å². The van der Waals surface area contributed by atoms with Gasteiger partial charge in [0.1, 0.15) is 12.6 Å². The van der Waals surface area contributed by atoms with E-state index in [4.69, 9.17) is 4.74 Å². The molecule has 1 N–H and O–H groups in total. The summed E-state index contributed by atoms with van der Waals surface area (Å²) in [5, 5.41) is 10.5. The molecule has 1 aromatic heterocycles. The lowest BCUT2D eigenvalue weighted by molar-refractivity contribution is -0.654. The highest BCUT2D eigenvalue weighted by Gasteiger charge is 2.24. The molecule has 0 amide bonds. The zero-order chi connectivity index (χ0) is 16.9. The second kappa shape index (κ2) is 8.13. The van der Waals surface area contributed by atoms with Gasteiger partial charge in [-0.2, -0.15) is 0 Å². The lowest BCUT2D eigenvalue weighted by Crippen LogP contribution is -2.34. The Morgan fingerprint density at radius 1 is 1.25 bits per heavy atom. The number of hydrogen-bond acceptors (Lipinski definition) is 2. The summed E-state index contributed by atoms with van der Waals surface area (Å²) in [5.74, 6) is 1.27. The van der Waals surface area contributed by atoms with Crippen molar-refractivity contribution in [1.82, 2.24) is 4.57 Å². The van der Waals surface area contributed by atoms with Crippen molar-refractivity contribution in [3.8, 4) is 0 Å². The molecule has 0 spiro atoms. The summed E-state index contributed by atoms with van der Waals surface area (Å²) in [7, 11) is 2.12. The number of imidazole rings is 1. The molecule has 4 heteroatoms. The minimum Gasteiger partial charge on any atom is -0.387 e. The van der Waals surface area contributed by atoms with Crippen LogP contribution in [0.15, 0.2) is 24.3 Å². The van der Waals surface area contributed by atoms with Crippen LogP contribution in [0.3, 0.4) is 0 Å². The number of para-hydroxylation sites is 2. The lowest BCUT2D eigenvalue weighted by Gasteiger charge is -2.23. The average molecular weight is 331 g/mol. The zero-order valence-electron chi connectivity index (χ0n) is 15.1. The van der Waals surface area contributed by atoms with Crippen molar-refractivity contribution in [2.75, 3.05) is 6.61 Å². The number of fused-ring (bicyclic) bond motifs is 1. The Bertz CT molecular complexity index is 659. The van der Waals surface area contributed by atoms with E-state index in [0.717, 1.165) is 25.7 Å². The Morgan fingerprint density at radius 2 is 2.00 bits per heavy atom. The highest BCUT2D eigenvalue weighted by Crippen LogP contribution is 2.21. The molecule has 0 bridgehead atoms. The van der Waals surface area contributed by atoms with Gasteiger partial charge in [-0.3, -0.25) is 0 Å². The first-order chi connectivity index (χ1) is 11.7. The van der Waals surface area contributed by atoms with Gasteiger partial charge in [0.15, 0.2) is 11.0 Å². The lowest BCUT2D eigenvalue weighted by atomic mass is 9.98. The second-order valence-electron chi connectivity index (χ2n) is 7.07. The Hall–Kier alpha value is -1.39. The highest BCUT2D eigenvalue weighted by atomic mass is 16.5. The summed E-state index contributed by atoms with van der Waals surface area (Å²) in [4.78, 5) is 0. The van der Waals surface area contributed by atoms with Crippen LogP contribution in [0.4, 0.5) is 0 Å². The van der Waals surface area contributed by atoms with Crippen LogP contribution in [0.5, 0.6) is 0 Å². The number of aryl methyl sites for hydroxylation is 1. The van der Waals surface area contributed by atoms with Crippen molar-refractivity contribution in [2.45, 2.75) is 70.6 Å². The summed E-state index contributed by atoms with van der Waals surface area (Å²) in [6.45, 7) is 3.24. The normalized spacial score (nSPS) is 17.5. The molecule has 1 aromatic carbocycles. The van der Waals surface area contributed by atoms with Gasteiger partial charge in [0, 0.05) is 6.42 Å². The zero-order valence-corrected chi connectivity index (χ0v) is 15.1. The molecular formula is C20H31N2O2+. The van der Waals surface area contributed by atoms with Crippen LogP contribution in [-0.2, 0) is 24.8 Å². The molecule has 1 atom stereocenters. The molecule has 1 aliphatic carbocycles. The van der Waals surface area contributed by atoms with Crippen molar-refractivity contribution in [3.63, 3.8) is 0 Å². The van der Waals surface area contributed by atoms with Gasteiger partial charge in [-0.05, 0) is 31.4 Å². The van der Waals surface area contributed by atoms with Crippen LogP contribution >= 0.6 is 0 Å². The van der Waals surface area contributed by atoms with Gasteiger partial charge in [-0.25, -0.2) is 9.13 Å². The number of ether oxygens (including phenoxy) is 1. The first kappa shape index (κ1) is 17.4. The van der Waals surface area contributed by atoms with Crippen molar-refractivity contribution < 1.29 is 14.4 Å². The maximum atomic E-state index is 10.5. The van der Waals surface area contributed by atoms with E-state index in [9.17, 15) is 5.11 Å².